The standard InChI is InChI=1S/C37H52N10O5S/c1-24(38-4)33(48)40-31(36(51)46-21-11-12-29(46)22-47-37(42-43-44-47)53-30-13-7-6-8-14-30)26(3)52-23-27-15-17-28(18-16-27)32(41-34(49)25(2)39-5)35(50)45-19-9-10-20-45/h6-8,13-18,24-26,29,31-32,38-39H,9-12,19-23H2,1-5H3,(H,40,48)(H,41,49)/t24-,25+,26+,29-,31-,32+/m0/s1. The Hall–Kier alpha value is -4.38. The zero-order valence-electron chi connectivity index (χ0n) is 31.2. The fourth-order valence-corrected chi connectivity index (χ4v) is 7.20. The molecule has 4 amide bonds. The molecule has 0 aliphatic carbocycles. The van der Waals surface area contributed by atoms with E-state index < -0.39 is 30.3 Å². The fourth-order valence-electron chi connectivity index (χ4n) is 6.40. The first-order valence-corrected chi connectivity index (χ1v) is 19.1. The Bertz CT molecular complexity index is 1670. The molecule has 3 heterocycles. The highest BCUT2D eigenvalue weighted by Crippen LogP contribution is 2.27. The van der Waals surface area contributed by atoms with Crippen LogP contribution in [0.5, 0.6) is 0 Å². The molecule has 0 bridgehead atoms. The lowest BCUT2D eigenvalue weighted by atomic mass is 10.0. The van der Waals surface area contributed by atoms with E-state index in [-0.39, 0.29) is 36.3 Å². The molecule has 5 rings (SSSR count). The summed E-state index contributed by atoms with van der Waals surface area (Å²) < 4.78 is 8.00. The largest absolute Gasteiger partial charge is 0.371 e. The molecule has 2 aliphatic heterocycles. The van der Waals surface area contributed by atoms with Gasteiger partial charge in [0.05, 0.1) is 37.4 Å². The van der Waals surface area contributed by atoms with Crippen molar-refractivity contribution in [3.63, 3.8) is 0 Å². The van der Waals surface area contributed by atoms with Crippen molar-refractivity contribution in [1.82, 2.24) is 51.3 Å². The summed E-state index contributed by atoms with van der Waals surface area (Å²) in [6, 6.07) is 14.3. The number of rotatable bonds is 17. The van der Waals surface area contributed by atoms with Crippen LogP contribution in [-0.2, 0) is 37.1 Å². The van der Waals surface area contributed by atoms with Crippen molar-refractivity contribution in [2.75, 3.05) is 33.7 Å². The van der Waals surface area contributed by atoms with Gasteiger partial charge in [-0.15, -0.1) is 5.10 Å². The molecule has 0 radical (unpaired) electrons. The van der Waals surface area contributed by atoms with Crippen molar-refractivity contribution in [2.45, 2.75) is 106 Å². The Morgan fingerprint density at radius 3 is 2.17 bits per heavy atom. The summed E-state index contributed by atoms with van der Waals surface area (Å²) >= 11 is 1.46. The van der Waals surface area contributed by atoms with Gasteiger partial charge >= 0.3 is 0 Å². The Kier molecular flexibility index (Phi) is 14.3. The number of ether oxygens (including phenoxy) is 1. The van der Waals surface area contributed by atoms with Crippen LogP contribution in [0.1, 0.15) is 63.6 Å². The van der Waals surface area contributed by atoms with E-state index in [4.69, 9.17) is 4.74 Å². The third kappa shape index (κ3) is 10.4. The average Bonchev–Trinajstić information content (AvgIpc) is 3.98. The van der Waals surface area contributed by atoms with Gasteiger partial charge in [-0.05, 0) is 106 Å². The number of likely N-dealkylation sites (N-methyl/N-ethyl adjacent to an activating group) is 2. The van der Waals surface area contributed by atoms with E-state index in [1.54, 1.807) is 44.4 Å². The number of carbonyl (C=O) groups is 4. The van der Waals surface area contributed by atoms with Crippen molar-refractivity contribution in [3.8, 4) is 0 Å². The molecule has 4 N–H and O–H groups in total. The summed E-state index contributed by atoms with van der Waals surface area (Å²) in [5.41, 5.74) is 1.48. The van der Waals surface area contributed by atoms with Crippen LogP contribution < -0.4 is 21.3 Å². The minimum Gasteiger partial charge on any atom is -0.371 e. The van der Waals surface area contributed by atoms with Gasteiger partial charge in [-0.2, -0.15) is 0 Å². The minimum atomic E-state index is -0.947. The van der Waals surface area contributed by atoms with Crippen molar-refractivity contribution in [1.29, 1.82) is 0 Å². The highest BCUT2D eigenvalue weighted by atomic mass is 32.2. The van der Waals surface area contributed by atoms with Crippen molar-refractivity contribution < 1.29 is 23.9 Å². The monoisotopic (exact) mass is 748 g/mol. The first-order valence-electron chi connectivity index (χ1n) is 18.3. The van der Waals surface area contributed by atoms with Crippen LogP contribution in [0.15, 0.2) is 64.6 Å². The van der Waals surface area contributed by atoms with Gasteiger partial charge in [-0.3, -0.25) is 19.2 Å². The van der Waals surface area contributed by atoms with Crippen molar-refractivity contribution in [2.24, 2.45) is 0 Å². The molecule has 2 aromatic carbocycles. The third-order valence-corrected chi connectivity index (χ3v) is 10.9. The zero-order valence-corrected chi connectivity index (χ0v) is 32.0. The second-order valence-corrected chi connectivity index (χ2v) is 14.7. The number of tetrazole rings is 1. The number of amides is 4. The fraction of sp³-hybridized carbons (Fsp3) is 0.541. The van der Waals surface area contributed by atoms with Gasteiger partial charge in [0, 0.05) is 24.5 Å². The number of nitrogens with zero attached hydrogens (tertiary/aromatic N) is 6. The molecule has 0 spiro atoms. The van der Waals surface area contributed by atoms with Crippen LogP contribution in [0.3, 0.4) is 0 Å². The summed E-state index contributed by atoms with van der Waals surface area (Å²) in [6.07, 6.45) is 2.78. The maximum atomic E-state index is 14.3. The van der Waals surface area contributed by atoms with Gasteiger partial charge in [0.1, 0.15) is 12.1 Å². The van der Waals surface area contributed by atoms with Gasteiger partial charge in [0.15, 0.2) is 0 Å². The lowest BCUT2D eigenvalue weighted by Gasteiger charge is -2.32. The highest BCUT2D eigenvalue weighted by molar-refractivity contribution is 7.99. The van der Waals surface area contributed by atoms with Crippen LogP contribution >= 0.6 is 11.8 Å². The maximum Gasteiger partial charge on any atom is 0.249 e. The molecule has 6 atom stereocenters. The molecule has 1 aromatic heterocycles. The number of aromatic nitrogens is 4. The number of benzene rings is 2. The van der Waals surface area contributed by atoms with Crippen LogP contribution in [0.25, 0.3) is 0 Å². The van der Waals surface area contributed by atoms with E-state index in [0.717, 1.165) is 36.1 Å². The van der Waals surface area contributed by atoms with Gasteiger partial charge in [0.25, 0.3) is 0 Å². The van der Waals surface area contributed by atoms with E-state index in [1.807, 2.05) is 59.5 Å². The second kappa shape index (κ2) is 19.1. The van der Waals surface area contributed by atoms with Crippen LogP contribution in [-0.4, -0.2) is 118 Å². The van der Waals surface area contributed by atoms with Crippen molar-refractivity contribution >= 4 is 35.4 Å². The normalized spacial score (nSPS) is 18.6. The predicted molar refractivity (Wildman–Crippen MR) is 199 cm³/mol. The van der Waals surface area contributed by atoms with Gasteiger partial charge in [-0.25, -0.2) is 4.68 Å². The SMILES string of the molecule is CN[C@@H](C)C(=O)N[C@H](C(=O)N1CCC[C@H]1Cn1nnnc1Sc1ccccc1)[C@@H](C)OCc1ccc([C@@H](NC(=O)[C@@H](C)NC)C(=O)N2CCCC2)cc1. The third-order valence-electron chi connectivity index (χ3n) is 9.96. The highest BCUT2D eigenvalue weighted by Gasteiger charge is 2.38. The van der Waals surface area contributed by atoms with Crippen LogP contribution in [0, 0.1) is 0 Å². The Labute approximate surface area is 315 Å². The molecule has 0 saturated carbocycles. The second-order valence-electron chi connectivity index (χ2n) is 13.6. The number of carbonyl (C=O) groups excluding carboxylic acids is 4. The summed E-state index contributed by atoms with van der Waals surface area (Å²) in [6.45, 7) is 7.71. The summed E-state index contributed by atoms with van der Waals surface area (Å²) in [4.78, 5) is 58.3. The van der Waals surface area contributed by atoms with Gasteiger partial charge in [-0.1, -0.05) is 42.5 Å². The van der Waals surface area contributed by atoms with E-state index in [9.17, 15) is 19.2 Å². The molecular weight excluding hydrogens is 697 g/mol. The molecule has 2 fully saturated rings. The Morgan fingerprint density at radius 1 is 0.849 bits per heavy atom. The van der Waals surface area contributed by atoms with Crippen LogP contribution in [0.4, 0.5) is 0 Å². The van der Waals surface area contributed by atoms with Gasteiger partial charge < -0.3 is 35.8 Å². The predicted octanol–water partition coefficient (Wildman–Crippen LogP) is 1.90. The number of likely N-dealkylation sites (tertiary alicyclic amines) is 2. The summed E-state index contributed by atoms with van der Waals surface area (Å²) in [5, 5.41) is 24.7. The maximum absolute atomic E-state index is 14.3. The first kappa shape index (κ1) is 39.8. The van der Waals surface area contributed by atoms with Gasteiger partial charge in [0.2, 0.25) is 28.8 Å². The molecule has 0 unspecified atom stereocenters. The lowest BCUT2D eigenvalue weighted by molar-refractivity contribution is -0.142. The number of hydrogen-bond donors (Lipinski definition) is 4. The number of hydrogen-bond acceptors (Lipinski definition) is 11. The molecule has 286 valence electrons. The summed E-state index contributed by atoms with van der Waals surface area (Å²) in [5.74, 6) is -0.934. The van der Waals surface area contributed by atoms with E-state index in [2.05, 4.69) is 36.8 Å². The van der Waals surface area contributed by atoms with Crippen LogP contribution in [0.2, 0.25) is 0 Å². The topological polar surface area (TPSA) is 176 Å². The molecule has 16 heteroatoms. The quantitative estimate of drug-likeness (QED) is 0.159. The van der Waals surface area contributed by atoms with E-state index in [0.29, 0.717) is 36.9 Å². The molecule has 2 aliphatic rings. The first-order chi connectivity index (χ1) is 25.6. The molecule has 3 aromatic rings. The number of nitrogens with one attached hydrogen (secondary N) is 4. The minimum absolute atomic E-state index is 0.129. The van der Waals surface area contributed by atoms with E-state index >= 15 is 0 Å². The molecule has 2 saturated heterocycles. The smallest absolute Gasteiger partial charge is 0.249 e. The van der Waals surface area contributed by atoms with E-state index in [1.165, 1.54) is 11.8 Å². The molecule has 15 nitrogen and oxygen atoms in total. The summed E-state index contributed by atoms with van der Waals surface area (Å²) in [7, 11) is 3.39. The molecule has 53 heavy (non-hydrogen) atoms. The Morgan fingerprint density at radius 2 is 1.51 bits per heavy atom. The lowest BCUT2D eigenvalue weighted by Crippen LogP contribution is -2.58. The zero-order chi connectivity index (χ0) is 37.9. The Balaban J connectivity index is 1.27. The average molecular weight is 749 g/mol. The van der Waals surface area contributed by atoms with Crippen molar-refractivity contribution in [3.05, 3.63) is 65.7 Å². The molecular formula is C37H52N10O5S.